The summed E-state index contributed by atoms with van der Waals surface area (Å²) in [7, 11) is 0. The Morgan fingerprint density at radius 1 is 1.00 bits per heavy atom. The van der Waals surface area contributed by atoms with E-state index in [0.29, 0.717) is 30.5 Å². The van der Waals surface area contributed by atoms with Gasteiger partial charge in [0.05, 0.1) is 28.4 Å². The molecule has 2 fully saturated rings. The highest BCUT2D eigenvalue weighted by Crippen LogP contribution is 2.36. The van der Waals surface area contributed by atoms with Crippen LogP contribution in [-0.4, -0.2) is 51.3 Å². The van der Waals surface area contributed by atoms with Gasteiger partial charge in [-0.1, -0.05) is 51.8 Å². The first-order valence-electron chi connectivity index (χ1n) is 12.7. The standard InChI is InChI=1S/C29H25BrClF3N4O/c30-22-7-5-19(6-8-22)28-25(38-10-2-1-3-26(38)35-28)17-36-13-20-15-37(16-21(20)14-36)27(39)12-18-4-9-24(31)23(11-18)29(32,33)34/h1-11,20-21H,12-17H2. The van der Waals surface area contributed by atoms with Crippen LogP contribution >= 0.6 is 27.5 Å². The van der Waals surface area contributed by atoms with Crippen LogP contribution in [0.15, 0.2) is 71.3 Å². The summed E-state index contributed by atoms with van der Waals surface area (Å²) in [6.45, 7) is 3.68. The Bertz CT molecular complexity index is 1520. The molecule has 1 amide bonds. The summed E-state index contributed by atoms with van der Waals surface area (Å²) in [6.07, 6.45) is -2.58. The van der Waals surface area contributed by atoms with Gasteiger partial charge in [0.1, 0.15) is 5.65 Å². The van der Waals surface area contributed by atoms with Gasteiger partial charge in [0, 0.05) is 49.0 Å². The predicted octanol–water partition coefficient (Wildman–Crippen LogP) is 6.57. The number of imidazole rings is 1. The summed E-state index contributed by atoms with van der Waals surface area (Å²) in [5, 5.41) is -0.358. The third-order valence-electron chi connectivity index (χ3n) is 7.73. The number of carbonyl (C=O) groups excluding carboxylic acids is 1. The largest absolute Gasteiger partial charge is 0.417 e. The maximum atomic E-state index is 13.2. The lowest BCUT2D eigenvalue weighted by atomic mass is 10.0. The van der Waals surface area contributed by atoms with Crippen LogP contribution in [0.25, 0.3) is 16.9 Å². The van der Waals surface area contributed by atoms with Gasteiger partial charge in [-0.25, -0.2) is 4.98 Å². The van der Waals surface area contributed by atoms with Crippen LogP contribution < -0.4 is 0 Å². The molecule has 6 rings (SSSR count). The fourth-order valence-corrected chi connectivity index (χ4v) is 6.35. The molecule has 0 saturated carbocycles. The number of rotatable bonds is 5. The second-order valence-electron chi connectivity index (χ2n) is 10.3. The molecule has 2 aliphatic rings. The minimum atomic E-state index is -4.55. The number of amides is 1. The van der Waals surface area contributed by atoms with Gasteiger partial charge < -0.3 is 9.30 Å². The first kappa shape index (κ1) is 26.3. The van der Waals surface area contributed by atoms with Crippen molar-refractivity contribution in [2.24, 2.45) is 11.8 Å². The van der Waals surface area contributed by atoms with E-state index in [9.17, 15) is 18.0 Å². The maximum Gasteiger partial charge on any atom is 0.417 e. The van der Waals surface area contributed by atoms with Crippen LogP contribution in [-0.2, 0) is 23.9 Å². The van der Waals surface area contributed by atoms with Crippen molar-refractivity contribution < 1.29 is 18.0 Å². The number of carbonyl (C=O) groups is 1. The second-order valence-corrected chi connectivity index (χ2v) is 11.7. The average Bonchev–Trinajstić information content (AvgIpc) is 3.57. The number of aromatic nitrogens is 2. The molecule has 4 heterocycles. The van der Waals surface area contributed by atoms with Gasteiger partial charge in [-0.05, 0) is 53.8 Å². The lowest BCUT2D eigenvalue weighted by Crippen LogP contribution is -2.34. The molecule has 2 saturated heterocycles. The highest BCUT2D eigenvalue weighted by molar-refractivity contribution is 9.10. The van der Waals surface area contributed by atoms with Crippen molar-refractivity contribution in [3.8, 4) is 11.3 Å². The van der Waals surface area contributed by atoms with Crippen molar-refractivity contribution in [3.05, 3.63) is 93.2 Å². The fourth-order valence-electron chi connectivity index (χ4n) is 5.86. The molecule has 39 heavy (non-hydrogen) atoms. The van der Waals surface area contributed by atoms with Gasteiger partial charge in [0.15, 0.2) is 0 Å². The van der Waals surface area contributed by atoms with Crippen molar-refractivity contribution in [2.75, 3.05) is 26.2 Å². The van der Waals surface area contributed by atoms with Crippen LogP contribution in [0.3, 0.4) is 0 Å². The normalized spacial score (nSPS) is 19.7. The molecule has 0 bridgehead atoms. The summed E-state index contributed by atoms with van der Waals surface area (Å²) in [4.78, 5) is 22.1. The van der Waals surface area contributed by atoms with Crippen LogP contribution in [0.5, 0.6) is 0 Å². The number of halogens is 5. The van der Waals surface area contributed by atoms with Crippen molar-refractivity contribution in [2.45, 2.75) is 19.1 Å². The lowest BCUT2D eigenvalue weighted by molar-refractivity contribution is -0.137. The zero-order valence-corrected chi connectivity index (χ0v) is 23.2. The van der Waals surface area contributed by atoms with E-state index >= 15 is 0 Å². The van der Waals surface area contributed by atoms with Crippen LogP contribution in [0, 0.1) is 11.8 Å². The van der Waals surface area contributed by atoms with Crippen molar-refractivity contribution in [3.63, 3.8) is 0 Å². The first-order chi connectivity index (χ1) is 18.7. The summed E-state index contributed by atoms with van der Waals surface area (Å²) in [6, 6.07) is 17.8. The number of benzene rings is 2. The number of alkyl halides is 3. The molecule has 0 spiro atoms. The molecule has 2 aromatic heterocycles. The topological polar surface area (TPSA) is 40.9 Å². The van der Waals surface area contributed by atoms with Crippen molar-refractivity contribution in [1.29, 1.82) is 0 Å². The molecule has 2 aromatic carbocycles. The molecule has 2 atom stereocenters. The van der Waals surface area contributed by atoms with E-state index in [1.807, 2.05) is 36.5 Å². The Morgan fingerprint density at radius 3 is 2.41 bits per heavy atom. The van der Waals surface area contributed by atoms with Gasteiger partial charge in [-0.2, -0.15) is 13.2 Å². The van der Waals surface area contributed by atoms with E-state index in [1.54, 1.807) is 4.90 Å². The van der Waals surface area contributed by atoms with E-state index in [4.69, 9.17) is 16.6 Å². The third kappa shape index (κ3) is 5.32. The van der Waals surface area contributed by atoms with Gasteiger partial charge in [-0.3, -0.25) is 9.69 Å². The predicted molar refractivity (Wildman–Crippen MR) is 147 cm³/mol. The Kier molecular flexibility index (Phi) is 6.93. The summed E-state index contributed by atoms with van der Waals surface area (Å²) in [5.74, 6) is 0.520. The first-order valence-corrected chi connectivity index (χ1v) is 13.9. The quantitative estimate of drug-likeness (QED) is 0.255. The maximum absolute atomic E-state index is 13.2. The molecule has 0 N–H and O–H groups in total. The molecule has 0 aliphatic carbocycles. The molecular weight excluding hydrogens is 593 g/mol. The summed E-state index contributed by atoms with van der Waals surface area (Å²) in [5.41, 5.74) is 3.47. The average molecular weight is 618 g/mol. The third-order valence-corrected chi connectivity index (χ3v) is 8.58. The molecule has 2 unspecified atom stereocenters. The second kappa shape index (κ2) is 10.3. The van der Waals surface area contributed by atoms with E-state index in [2.05, 4.69) is 37.4 Å². The van der Waals surface area contributed by atoms with E-state index in [1.165, 1.54) is 12.1 Å². The zero-order valence-electron chi connectivity index (χ0n) is 20.8. The molecule has 0 radical (unpaired) electrons. The summed E-state index contributed by atoms with van der Waals surface area (Å²) >= 11 is 9.23. The molecule has 4 aromatic rings. The lowest BCUT2D eigenvalue weighted by Gasteiger charge is -2.22. The molecule has 2 aliphatic heterocycles. The Morgan fingerprint density at radius 2 is 1.72 bits per heavy atom. The van der Waals surface area contributed by atoms with Gasteiger partial charge in [0.25, 0.3) is 0 Å². The number of fused-ring (bicyclic) bond motifs is 2. The minimum absolute atomic E-state index is 0.0677. The zero-order chi connectivity index (χ0) is 27.3. The monoisotopic (exact) mass is 616 g/mol. The fraction of sp³-hybridized carbons (Fsp3) is 0.310. The molecule has 10 heteroatoms. The van der Waals surface area contributed by atoms with Gasteiger partial charge >= 0.3 is 6.18 Å². The number of nitrogens with zero attached hydrogens (tertiary/aromatic N) is 4. The number of pyridine rings is 1. The summed E-state index contributed by atoms with van der Waals surface area (Å²) < 4.78 is 42.8. The number of likely N-dealkylation sites (tertiary alicyclic amines) is 2. The van der Waals surface area contributed by atoms with Gasteiger partial charge in [0.2, 0.25) is 5.91 Å². The smallest absolute Gasteiger partial charge is 0.342 e. The highest BCUT2D eigenvalue weighted by atomic mass is 79.9. The Hall–Kier alpha value is -2.88. The molecule has 202 valence electrons. The van der Waals surface area contributed by atoms with Crippen LogP contribution in [0.4, 0.5) is 13.2 Å². The number of hydrogen-bond donors (Lipinski definition) is 0. The van der Waals surface area contributed by atoms with E-state index < -0.39 is 11.7 Å². The van der Waals surface area contributed by atoms with E-state index in [-0.39, 0.29) is 17.4 Å². The van der Waals surface area contributed by atoms with Crippen LogP contribution in [0.1, 0.15) is 16.8 Å². The Balaban J connectivity index is 1.13. The van der Waals surface area contributed by atoms with Crippen molar-refractivity contribution >= 4 is 39.1 Å². The molecular formula is C29H25BrClF3N4O. The molecule has 5 nitrogen and oxygen atoms in total. The van der Waals surface area contributed by atoms with E-state index in [0.717, 1.165) is 52.8 Å². The van der Waals surface area contributed by atoms with Crippen LogP contribution in [0.2, 0.25) is 5.02 Å². The minimum Gasteiger partial charge on any atom is -0.342 e. The highest BCUT2D eigenvalue weighted by Gasteiger charge is 2.42. The Labute approximate surface area is 237 Å². The SMILES string of the molecule is O=C(Cc1ccc(Cl)c(C(F)(F)F)c1)N1CC2CN(Cc3c(-c4ccc(Br)cc4)nc4ccccn34)CC2C1. The van der Waals surface area contributed by atoms with Crippen molar-refractivity contribution in [1.82, 2.24) is 19.2 Å². The van der Waals surface area contributed by atoms with Gasteiger partial charge in [-0.15, -0.1) is 0 Å². The number of hydrogen-bond acceptors (Lipinski definition) is 3.